The molecule has 1 aromatic heterocycles. The second kappa shape index (κ2) is 8.02. The third-order valence-electron chi connectivity index (χ3n) is 3.04. The summed E-state index contributed by atoms with van der Waals surface area (Å²) in [6.45, 7) is 4.79. The number of nitrogens with zero attached hydrogens (tertiary/aromatic N) is 1. The van der Waals surface area contributed by atoms with Gasteiger partial charge in [0.15, 0.2) is 0 Å². The van der Waals surface area contributed by atoms with E-state index in [0.29, 0.717) is 13.2 Å². The van der Waals surface area contributed by atoms with E-state index >= 15 is 0 Å². The number of ether oxygens (including phenoxy) is 1. The first kappa shape index (κ1) is 15.8. The predicted molar refractivity (Wildman–Crippen MR) is 85.7 cm³/mol. The minimum Gasteiger partial charge on any atom is -0.491 e. The van der Waals surface area contributed by atoms with Crippen LogP contribution < -0.4 is 15.4 Å². The molecule has 2 rings (SSSR count). The molecule has 5 nitrogen and oxygen atoms in total. The Balaban J connectivity index is 1.70. The van der Waals surface area contributed by atoms with Crippen molar-refractivity contribution in [3.63, 3.8) is 0 Å². The van der Waals surface area contributed by atoms with Gasteiger partial charge in [0.1, 0.15) is 12.4 Å². The zero-order valence-electron chi connectivity index (χ0n) is 12.9. The van der Waals surface area contributed by atoms with E-state index in [1.54, 1.807) is 12.4 Å². The Morgan fingerprint density at radius 2 is 2.18 bits per heavy atom. The molecule has 0 radical (unpaired) electrons. The maximum atomic E-state index is 11.8. The average molecular weight is 299 g/mol. The molecule has 0 saturated carbocycles. The molecule has 2 aromatic rings. The van der Waals surface area contributed by atoms with Crippen molar-refractivity contribution in [1.29, 1.82) is 0 Å². The number of hydrogen-bond donors (Lipinski definition) is 2. The number of carbonyl (C=O) groups is 1. The molecule has 2 N–H and O–H groups in total. The lowest BCUT2D eigenvalue weighted by molar-refractivity contribution is 0.226. The highest BCUT2D eigenvalue weighted by Crippen LogP contribution is 2.12. The molecule has 1 unspecified atom stereocenters. The smallest absolute Gasteiger partial charge is 0.315 e. The van der Waals surface area contributed by atoms with Crippen LogP contribution in [0, 0.1) is 6.92 Å². The summed E-state index contributed by atoms with van der Waals surface area (Å²) in [4.78, 5) is 15.8. The van der Waals surface area contributed by atoms with Crippen LogP contribution in [0.25, 0.3) is 0 Å². The number of pyridine rings is 1. The van der Waals surface area contributed by atoms with Gasteiger partial charge in [0.25, 0.3) is 0 Å². The van der Waals surface area contributed by atoms with Crippen molar-refractivity contribution in [3.05, 3.63) is 59.9 Å². The van der Waals surface area contributed by atoms with Crippen molar-refractivity contribution in [2.75, 3.05) is 6.61 Å². The van der Waals surface area contributed by atoms with E-state index in [2.05, 4.69) is 15.6 Å². The number of aryl methyl sites for hydroxylation is 1. The normalized spacial score (nSPS) is 11.5. The number of urea groups is 1. The van der Waals surface area contributed by atoms with Gasteiger partial charge in [-0.1, -0.05) is 18.2 Å². The van der Waals surface area contributed by atoms with Crippen LogP contribution in [-0.4, -0.2) is 23.7 Å². The number of carbonyl (C=O) groups excluding carboxylic acids is 1. The Morgan fingerprint density at radius 1 is 1.32 bits per heavy atom. The van der Waals surface area contributed by atoms with Crippen LogP contribution in [-0.2, 0) is 6.54 Å². The van der Waals surface area contributed by atoms with Crippen LogP contribution in [0.15, 0.2) is 48.8 Å². The van der Waals surface area contributed by atoms with Crippen LogP contribution in [0.4, 0.5) is 4.79 Å². The van der Waals surface area contributed by atoms with Gasteiger partial charge in [0.2, 0.25) is 0 Å². The van der Waals surface area contributed by atoms with E-state index in [1.165, 1.54) is 0 Å². The van der Waals surface area contributed by atoms with E-state index in [-0.39, 0.29) is 12.1 Å². The van der Waals surface area contributed by atoms with Gasteiger partial charge < -0.3 is 15.4 Å². The lowest BCUT2D eigenvalue weighted by Gasteiger charge is -2.16. The minimum absolute atomic E-state index is 0.0885. The summed E-state index contributed by atoms with van der Waals surface area (Å²) in [6, 6.07) is 11.3. The summed E-state index contributed by atoms with van der Waals surface area (Å²) in [7, 11) is 0. The van der Waals surface area contributed by atoms with Crippen molar-refractivity contribution in [2.45, 2.75) is 26.4 Å². The first-order valence-electron chi connectivity index (χ1n) is 7.26. The lowest BCUT2D eigenvalue weighted by Crippen LogP contribution is -2.43. The maximum Gasteiger partial charge on any atom is 0.315 e. The highest BCUT2D eigenvalue weighted by Gasteiger charge is 2.07. The molecule has 0 aliphatic rings. The number of nitrogens with one attached hydrogen (secondary N) is 2. The van der Waals surface area contributed by atoms with Gasteiger partial charge in [0.05, 0.1) is 6.04 Å². The van der Waals surface area contributed by atoms with E-state index < -0.39 is 0 Å². The van der Waals surface area contributed by atoms with Crippen LogP contribution >= 0.6 is 0 Å². The van der Waals surface area contributed by atoms with Crippen molar-refractivity contribution >= 4 is 6.03 Å². The zero-order chi connectivity index (χ0) is 15.8. The molecule has 1 heterocycles. The molecular formula is C17H21N3O2. The molecule has 0 aliphatic carbocycles. The second-order valence-electron chi connectivity index (χ2n) is 5.22. The monoisotopic (exact) mass is 299 g/mol. The van der Waals surface area contributed by atoms with E-state index in [4.69, 9.17) is 4.74 Å². The highest BCUT2D eigenvalue weighted by atomic mass is 16.5. The second-order valence-corrected chi connectivity index (χ2v) is 5.22. The molecule has 22 heavy (non-hydrogen) atoms. The molecule has 0 aliphatic heterocycles. The van der Waals surface area contributed by atoms with E-state index in [9.17, 15) is 4.79 Å². The molecule has 2 amide bonds. The first-order valence-corrected chi connectivity index (χ1v) is 7.26. The fourth-order valence-corrected chi connectivity index (χ4v) is 1.93. The van der Waals surface area contributed by atoms with Gasteiger partial charge in [-0.25, -0.2) is 4.79 Å². The van der Waals surface area contributed by atoms with Crippen LogP contribution in [0.3, 0.4) is 0 Å². The van der Waals surface area contributed by atoms with Gasteiger partial charge in [-0.2, -0.15) is 0 Å². The number of aromatic nitrogens is 1. The Hall–Kier alpha value is -2.56. The third kappa shape index (κ3) is 5.44. The summed E-state index contributed by atoms with van der Waals surface area (Å²) >= 11 is 0. The fourth-order valence-electron chi connectivity index (χ4n) is 1.93. The summed E-state index contributed by atoms with van der Waals surface area (Å²) in [5, 5.41) is 5.63. The van der Waals surface area contributed by atoms with Gasteiger partial charge >= 0.3 is 6.03 Å². The molecule has 0 fully saturated rings. The van der Waals surface area contributed by atoms with Crippen LogP contribution in [0.2, 0.25) is 0 Å². The minimum atomic E-state index is -0.218. The number of rotatable bonds is 6. The fraction of sp³-hybridized carbons (Fsp3) is 0.294. The zero-order valence-corrected chi connectivity index (χ0v) is 12.9. The van der Waals surface area contributed by atoms with Crippen molar-refractivity contribution in [3.8, 4) is 5.75 Å². The third-order valence-corrected chi connectivity index (χ3v) is 3.04. The summed E-state index contributed by atoms with van der Waals surface area (Å²) in [5.41, 5.74) is 2.11. The number of amides is 2. The molecule has 116 valence electrons. The molecule has 0 bridgehead atoms. The molecule has 1 aromatic carbocycles. The van der Waals surface area contributed by atoms with E-state index in [0.717, 1.165) is 16.9 Å². The summed E-state index contributed by atoms with van der Waals surface area (Å²) < 4.78 is 5.66. The average Bonchev–Trinajstić information content (AvgIpc) is 2.52. The Bertz CT molecular complexity index is 602. The molecule has 1 atom stereocenters. The molecule has 5 heteroatoms. The van der Waals surface area contributed by atoms with Crippen molar-refractivity contribution in [1.82, 2.24) is 15.6 Å². The Labute approximate surface area is 130 Å². The summed E-state index contributed by atoms with van der Waals surface area (Å²) in [6.07, 6.45) is 3.43. The van der Waals surface area contributed by atoms with Crippen LogP contribution in [0.5, 0.6) is 5.75 Å². The molecule has 0 saturated heterocycles. The lowest BCUT2D eigenvalue weighted by atomic mass is 10.2. The van der Waals surface area contributed by atoms with Gasteiger partial charge in [-0.15, -0.1) is 0 Å². The van der Waals surface area contributed by atoms with Gasteiger partial charge in [-0.05, 0) is 43.2 Å². The van der Waals surface area contributed by atoms with Crippen molar-refractivity contribution < 1.29 is 9.53 Å². The Kier molecular flexibility index (Phi) is 5.77. The SMILES string of the molecule is Cc1cccc(OCC(C)NC(=O)NCc2cccnc2)c1. The molecule has 0 spiro atoms. The largest absolute Gasteiger partial charge is 0.491 e. The van der Waals surface area contributed by atoms with Gasteiger partial charge in [0, 0.05) is 18.9 Å². The Morgan fingerprint density at radius 3 is 2.91 bits per heavy atom. The maximum absolute atomic E-state index is 11.8. The highest BCUT2D eigenvalue weighted by molar-refractivity contribution is 5.74. The van der Waals surface area contributed by atoms with Crippen molar-refractivity contribution in [2.24, 2.45) is 0 Å². The topological polar surface area (TPSA) is 63.2 Å². The number of hydrogen-bond acceptors (Lipinski definition) is 3. The standard InChI is InChI=1S/C17H21N3O2/c1-13-5-3-7-16(9-13)22-12-14(2)20-17(21)19-11-15-6-4-8-18-10-15/h3-10,14H,11-12H2,1-2H3,(H2,19,20,21). The summed E-state index contributed by atoms with van der Waals surface area (Å²) in [5.74, 6) is 0.810. The van der Waals surface area contributed by atoms with E-state index in [1.807, 2.05) is 50.2 Å². The first-order chi connectivity index (χ1) is 10.6. The predicted octanol–water partition coefficient (Wildman–Crippen LogP) is 2.66. The van der Waals surface area contributed by atoms with Gasteiger partial charge in [-0.3, -0.25) is 4.98 Å². The molecular weight excluding hydrogens is 278 g/mol. The van der Waals surface area contributed by atoms with Crippen LogP contribution in [0.1, 0.15) is 18.1 Å². The quantitative estimate of drug-likeness (QED) is 0.862. The number of benzene rings is 1.